The Labute approximate surface area is 191 Å². The van der Waals surface area contributed by atoms with Gasteiger partial charge in [-0.25, -0.2) is 0 Å². The number of hydrogen-bond donors (Lipinski definition) is 3. The van der Waals surface area contributed by atoms with Crippen LogP contribution in [0.1, 0.15) is 55.1 Å². The molecule has 3 amide bonds. The summed E-state index contributed by atoms with van der Waals surface area (Å²) in [5, 5.41) is 13.8. The molecule has 0 unspecified atom stereocenters. The van der Waals surface area contributed by atoms with Crippen LogP contribution in [0.5, 0.6) is 0 Å². The third-order valence-electron chi connectivity index (χ3n) is 6.77. The second-order valence-corrected chi connectivity index (χ2v) is 8.93. The predicted octanol–water partition coefficient (Wildman–Crippen LogP) is 3.54. The molecule has 5 rings (SSSR count). The minimum Gasteiger partial charge on any atom is -0.336 e. The molecule has 0 radical (unpaired) electrons. The Kier molecular flexibility index (Phi) is 5.36. The molecule has 0 spiro atoms. The van der Waals surface area contributed by atoms with Crippen molar-refractivity contribution in [3.05, 3.63) is 53.7 Å². The lowest BCUT2D eigenvalue weighted by Gasteiger charge is -2.30. The third-order valence-corrected chi connectivity index (χ3v) is 6.77. The van der Waals surface area contributed by atoms with Crippen LogP contribution in [0.25, 0.3) is 10.9 Å². The Morgan fingerprint density at radius 3 is 2.64 bits per heavy atom. The summed E-state index contributed by atoms with van der Waals surface area (Å²) in [7, 11) is 0. The monoisotopic (exact) mass is 445 g/mol. The number of aryl methyl sites for hydroxylation is 1. The molecule has 0 saturated heterocycles. The van der Waals surface area contributed by atoms with Crippen molar-refractivity contribution in [1.82, 2.24) is 15.5 Å². The van der Waals surface area contributed by atoms with Gasteiger partial charge in [-0.2, -0.15) is 5.10 Å². The van der Waals surface area contributed by atoms with E-state index in [1.165, 1.54) is 0 Å². The molecule has 1 aliphatic heterocycles. The summed E-state index contributed by atoms with van der Waals surface area (Å²) in [5.74, 6) is -0.550. The molecule has 1 saturated carbocycles. The molecular formula is C25H27N5O3. The normalized spacial score (nSPS) is 16.9. The highest BCUT2D eigenvalue weighted by Gasteiger charge is 2.43. The largest absolute Gasteiger partial charge is 0.336 e. The molecule has 170 valence electrons. The zero-order valence-corrected chi connectivity index (χ0v) is 18.6. The highest BCUT2D eigenvalue weighted by Crippen LogP contribution is 2.34. The van der Waals surface area contributed by atoms with Gasteiger partial charge in [0.1, 0.15) is 5.54 Å². The molecule has 2 heterocycles. The van der Waals surface area contributed by atoms with Gasteiger partial charge in [-0.1, -0.05) is 31.0 Å². The first-order chi connectivity index (χ1) is 16.0. The van der Waals surface area contributed by atoms with Gasteiger partial charge in [0.2, 0.25) is 11.8 Å². The summed E-state index contributed by atoms with van der Waals surface area (Å²) in [5.41, 5.74) is 2.72. The van der Waals surface area contributed by atoms with Gasteiger partial charge in [-0.05, 0) is 55.5 Å². The average Bonchev–Trinajstić information content (AvgIpc) is 3.46. The third kappa shape index (κ3) is 3.86. The standard InChI is InChI=1S/C25H27N5O3/c1-16(31)30-14-6-7-17-15-18(10-11-21(17)30)26-24(33)25(12-4-5-13-25)27-23(32)22-19-8-2-3-9-20(19)28-29-22/h2-3,8-11,15H,4-7,12-14H2,1H3,(H,26,33)(H,27,32)(H,28,29). The quantitative estimate of drug-likeness (QED) is 0.571. The number of fused-ring (bicyclic) bond motifs is 2. The highest BCUT2D eigenvalue weighted by molar-refractivity contribution is 6.08. The fraction of sp³-hybridized carbons (Fsp3) is 0.360. The van der Waals surface area contributed by atoms with Gasteiger partial charge in [0, 0.05) is 30.2 Å². The summed E-state index contributed by atoms with van der Waals surface area (Å²) in [4.78, 5) is 40.3. The summed E-state index contributed by atoms with van der Waals surface area (Å²) in [6.07, 6.45) is 4.64. The van der Waals surface area contributed by atoms with Gasteiger partial charge in [0.15, 0.2) is 5.69 Å². The van der Waals surface area contributed by atoms with E-state index in [0.717, 1.165) is 47.8 Å². The zero-order valence-electron chi connectivity index (χ0n) is 18.6. The molecule has 3 aromatic rings. The van der Waals surface area contributed by atoms with Crippen LogP contribution >= 0.6 is 0 Å². The highest BCUT2D eigenvalue weighted by atomic mass is 16.2. The van der Waals surface area contributed by atoms with E-state index in [2.05, 4.69) is 20.8 Å². The maximum atomic E-state index is 13.4. The van der Waals surface area contributed by atoms with Crippen molar-refractivity contribution >= 4 is 40.0 Å². The van der Waals surface area contributed by atoms with Crippen LogP contribution in [0.3, 0.4) is 0 Å². The van der Waals surface area contributed by atoms with Crippen molar-refractivity contribution < 1.29 is 14.4 Å². The van der Waals surface area contributed by atoms with Crippen LogP contribution in [-0.2, 0) is 16.0 Å². The van der Waals surface area contributed by atoms with Gasteiger partial charge in [0.05, 0.1) is 5.52 Å². The Balaban J connectivity index is 1.37. The number of H-pyrrole nitrogens is 1. The molecule has 8 heteroatoms. The number of nitrogens with zero attached hydrogens (tertiary/aromatic N) is 2. The minimum absolute atomic E-state index is 0.0197. The van der Waals surface area contributed by atoms with E-state index >= 15 is 0 Å². The topological polar surface area (TPSA) is 107 Å². The number of aromatic nitrogens is 2. The average molecular weight is 446 g/mol. The first-order valence-electron chi connectivity index (χ1n) is 11.4. The van der Waals surface area contributed by atoms with E-state index in [0.29, 0.717) is 30.8 Å². The first kappa shape index (κ1) is 21.2. The molecule has 1 fully saturated rings. The van der Waals surface area contributed by atoms with Gasteiger partial charge in [-0.3, -0.25) is 19.5 Å². The fourth-order valence-electron chi connectivity index (χ4n) is 5.05. The number of hydrogen-bond acceptors (Lipinski definition) is 4. The summed E-state index contributed by atoms with van der Waals surface area (Å²) < 4.78 is 0. The molecular weight excluding hydrogens is 418 g/mol. The molecule has 33 heavy (non-hydrogen) atoms. The second-order valence-electron chi connectivity index (χ2n) is 8.93. The first-order valence-corrected chi connectivity index (χ1v) is 11.4. The van der Waals surface area contributed by atoms with Gasteiger partial charge in [0.25, 0.3) is 5.91 Å². The van der Waals surface area contributed by atoms with E-state index < -0.39 is 5.54 Å². The number of carbonyl (C=O) groups is 3. The molecule has 2 aliphatic rings. The number of rotatable bonds is 4. The van der Waals surface area contributed by atoms with Crippen LogP contribution in [0.4, 0.5) is 11.4 Å². The van der Waals surface area contributed by atoms with Crippen LogP contribution in [-0.4, -0.2) is 40.0 Å². The van der Waals surface area contributed by atoms with Crippen LogP contribution in [0, 0.1) is 0 Å². The summed E-state index contributed by atoms with van der Waals surface area (Å²) >= 11 is 0. The molecule has 0 bridgehead atoms. The van der Waals surface area contributed by atoms with Crippen molar-refractivity contribution in [2.75, 3.05) is 16.8 Å². The lowest BCUT2D eigenvalue weighted by atomic mass is 9.95. The van der Waals surface area contributed by atoms with E-state index in [9.17, 15) is 14.4 Å². The van der Waals surface area contributed by atoms with Gasteiger partial charge >= 0.3 is 0 Å². The molecule has 3 N–H and O–H groups in total. The van der Waals surface area contributed by atoms with Crippen LogP contribution in [0.2, 0.25) is 0 Å². The number of para-hydroxylation sites is 1. The molecule has 1 aliphatic carbocycles. The summed E-state index contributed by atoms with van der Waals surface area (Å²) in [6.45, 7) is 2.28. The Bertz CT molecular complexity index is 1240. The van der Waals surface area contributed by atoms with Crippen molar-refractivity contribution in [3.8, 4) is 0 Å². The number of benzene rings is 2. The van der Waals surface area contributed by atoms with Gasteiger partial charge in [-0.15, -0.1) is 0 Å². The number of aromatic amines is 1. The number of amides is 3. The van der Waals surface area contributed by atoms with Crippen molar-refractivity contribution in [2.24, 2.45) is 0 Å². The van der Waals surface area contributed by atoms with E-state index in [1.807, 2.05) is 42.5 Å². The second kappa shape index (κ2) is 8.35. The van der Waals surface area contributed by atoms with E-state index in [-0.39, 0.29) is 17.7 Å². The molecule has 1 aromatic heterocycles. The predicted molar refractivity (Wildman–Crippen MR) is 126 cm³/mol. The molecule has 0 atom stereocenters. The lowest BCUT2D eigenvalue weighted by Crippen LogP contribution is -2.55. The number of anilines is 2. The van der Waals surface area contributed by atoms with Crippen LogP contribution in [0.15, 0.2) is 42.5 Å². The Morgan fingerprint density at radius 2 is 1.85 bits per heavy atom. The Morgan fingerprint density at radius 1 is 1.06 bits per heavy atom. The van der Waals surface area contributed by atoms with E-state index in [4.69, 9.17) is 0 Å². The van der Waals surface area contributed by atoms with E-state index in [1.54, 1.807) is 11.8 Å². The maximum Gasteiger partial charge on any atom is 0.273 e. The maximum absolute atomic E-state index is 13.4. The van der Waals surface area contributed by atoms with Gasteiger partial charge < -0.3 is 15.5 Å². The SMILES string of the molecule is CC(=O)N1CCCc2cc(NC(=O)C3(NC(=O)c4n[nH]c5ccccc45)CCCC3)ccc21. The van der Waals surface area contributed by atoms with Crippen molar-refractivity contribution in [1.29, 1.82) is 0 Å². The van der Waals surface area contributed by atoms with Crippen LogP contribution < -0.4 is 15.5 Å². The van der Waals surface area contributed by atoms with Crippen molar-refractivity contribution in [3.63, 3.8) is 0 Å². The smallest absolute Gasteiger partial charge is 0.273 e. The number of nitrogens with one attached hydrogen (secondary N) is 3. The number of carbonyl (C=O) groups excluding carboxylic acids is 3. The minimum atomic E-state index is -0.974. The molecule has 8 nitrogen and oxygen atoms in total. The summed E-state index contributed by atoms with van der Waals surface area (Å²) in [6, 6.07) is 13.1. The molecule has 2 aromatic carbocycles. The lowest BCUT2D eigenvalue weighted by molar-refractivity contribution is -0.122. The van der Waals surface area contributed by atoms with Crippen molar-refractivity contribution in [2.45, 2.75) is 51.0 Å². The zero-order chi connectivity index (χ0) is 23.0. The Hall–Kier alpha value is -3.68. The fourth-order valence-corrected chi connectivity index (χ4v) is 5.05.